The third kappa shape index (κ3) is 3.52. The zero-order valence-corrected chi connectivity index (χ0v) is 12.1. The lowest BCUT2D eigenvalue weighted by Gasteiger charge is -2.15. The number of benzene rings is 1. The normalized spacial score (nSPS) is 11.8. The minimum Gasteiger partial charge on any atom is -0.392 e. The zero-order chi connectivity index (χ0) is 14.5. The average Bonchev–Trinajstić information content (AvgIpc) is 2.83. The molecule has 0 fully saturated rings. The molecule has 0 aliphatic carbocycles. The Hall–Kier alpha value is -1.99. The SMILES string of the molecule is NC(=S)C(C(=O)NCc1csc(=O)[nH]1)c1ccccc1. The van der Waals surface area contributed by atoms with E-state index in [1.54, 1.807) is 17.5 Å². The lowest BCUT2D eigenvalue weighted by atomic mass is 9.98. The Labute approximate surface area is 124 Å². The molecule has 0 aliphatic heterocycles. The molecule has 1 atom stereocenters. The lowest BCUT2D eigenvalue weighted by Crippen LogP contribution is -2.36. The molecular weight excluding hydrogens is 294 g/mol. The van der Waals surface area contributed by atoms with E-state index in [1.165, 1.54) is 0 Å². The fourth-order valence-electron chi connectivity index (χ4n) is 1.78. The van der Waals surface area contributed by atoms with E-state index in [2.05, 4.69) is 10.3 Å². The van der Waals surface area contributed by atoms with Gasteiger partial charge in [-0.25, -0.2) is 0 Å². The van der Waals surface area contributed by atoms with Gasteiger partial charge in [0.2, 0.25) is 5.91 Å². The quantitative estimate of drug-likeness (QED) is 0.722. The largest absolute Gasteiger partial charge is 0.392 e. The second-order valence-corrected chi connectivity index (χ2v) is 5.45. The first kappa shape index (κ1) is 14.4. The molecule has 1 aromatic heterocycles. The van der Waals surface area contributed by atoms with Crippen molar-refractivity contribution in [2.24, 2.45) is 5.73 Å². The molecule has 1 aromatic carbocycles. The molecule has 0 spiro atoms. The number of thiazole rings is 1. The molecule has 0 saturated carbocycles. The molecular formula is C13H13N3O2S2. The molecule has 5 nitrogen and oxygen atoms in total. The highest BCUT2D eigenvalue weighted by Gasteiger charge is 2.23. The Morgan fingerprint density at radius 3 is 2.65 bits per heavy atom. The van der Waals surface area contributed by atoms with Crippen LogP contribution in [0.4, 0.5) is 0 Å². The maximum absolute atomic E-state index is 12.2. The van der Waals surface area contributed by atoms with Crippen LogP contribution < -0.4 is 15.9 Å². The van der Waals surface area contributed by atoms with Crippen LogP contribution in [0.15, 0.2) is 40.5 Å². The van der Waals surface area contributed by atoms with Crippen molar-refractivity contribution >= 4 is 34.5 Å². The van der Waals surface area contributed by atoms with Crippen molar-refractivity contribution in [2.45, 2.75) is 12.5 Å². The minimum absolute atomic E-state index is 0.118. The maximum atomic E-state index is 12.2. The summed E-state index contributed by atoms with van der Waals surface area (Å²) < 4.78 is 0. The van der Waals surface area contributed by atoms with E-state index in [9.17, 15) is 9.59 Å². The molecule has 1 unspecified atom stereocenters. The molecule has 104 valence electrons. The summed E-state index contributed by atoms with van der Waals surface area (Å²) >= 11 is 6.03. The summed E-state index contributed by atoms with van der Waals surface area (Å²) in [5.41, 5.74) is 7.06. The van der Waals surface area contributed by atoms with Crippen LogP contribution >= 0.6 is 23.6 Å². The number of hydrogen-bond acceptors (Lipinski definition) is 4. The van der Waals surface area contributed by atoms with Gasteiger partial charge in [0.1, 0.15) is 5.92 Å². The number of aromatic nitrogens is 1. The minimum atomic E-state index is -0.670. The van der Waals surface area contributed by atoms with Crippen LogP contribution in [-0.2, 0) is 11.3 Å². The van der Waals surface area contributed by atoms with Gasteiger partial charge < -0.3 is 16.0 Å². The summed E-state index contributed by atoms with van der Waals surface area (Å²) in [6, 6.07) is 9.11. The first-order valence-corrected chi connectivity index (χ1v) is 7.15. The van der Waals surface area contributed by atoms with Crippen molar-refractivity contribution in [3.8, 4) is 0 Å². The second-order valence-electron chi connectivity index (χ2n) is 4.14. The number of thiocarbonyl (C=S) groups is 1. The van der Waals surface area contributed by atoms with Crippen LogP contribution in [0.1, 0.15) is 17.2 Å². The van der Waals surface area contributed by atoms with Gasteiger partial charge in [-0.1, -0.05) is 53.9 Å². The Morgan fingerprint density at radius 2 is 2.10 bits per heavy atom. The van der Waals surface area contributed by atoms with Crippen LogP contribution in [0.5, 0.6) is 0 Å². The van der Waals surface area contributed by atoms with Gasteiger partial charge >= 0.3 is 4.87 Å². The molecule has 1 amide bonds. The van der Waals surface area contributed by atoms with Crippen molar-refractivity contribution in [3.05, 3.63) is 56.6 Å². The van der Waals surface area contributed by atoms with E-state index in [0.717, 1.165) is 16.9 Å². The maximum Gasteiger partial charge on any atom is 0.304 e. The molecule has 2 aromatic rings. The Balaban J connectivity index is 2.08. The fraction of sp³-hybridized carbons (Fsp3) is 0.154. The van der Waals surface area contributed by atoms with E-state index < -0.39 is 5.92 Å². The Bertz CT molecular complexity index is 664. The number of aromatic amines is 1. The van der Waals surface area contributed by atoms with E-state index in [4.69, 9.17) is 18.0 Å². The van der Waals surface area contributed by atoms with Crippen molar-refractivity contribution in [1.82, 2.24) is 10.3 Å². The third-order valence-electron chi connectivity index (χ3n) is 2.70. The molecule has 1 heterocycles. The van der Waals surface area contributed by atoms with E-state index in [1.807, 2.05) is 18.2 Å². The number of hydrogen-bond donors (Lipinski definition) is 3. The van der Waals surface area contributed by atoms with Gasteiger partial charge in [0.25, 0.3) is 0 Å². The van der Waals surface area contributed by atoms with Crippen LogP contribution in [-0.4, -0.2) is 15.9 Å². The molecule has 4 N–H and O–H groups in total. The molecule has 0 aliphatic rings. The number of nitrogens with two attached hydrogens (primary N) is 1. The number of amides is 1. The van der Waals surface area contributed by atoms with Crippen molar-refractivity contribution in [2.75, 3.05) is 0 Å². The summed E-state index contributed by atoms with van der Waals surface area (Å²) in [5, 5.41) is 4.39. The summed E-state index contributed by atoms with van der Waals surface area (Å²) in [5.74, 6) is -0.952. The van der Waals surface area contributed by atoms with Gasteiger partial charge in [0.05, 0.1) is 11.5 Å². The van der Waals surface area contributed by atoms with E-state index >= 15 is 0 Å². The van der Waals surface area contributed by atoms with Crippen LogP contribution in [0.3, 0.4) is 0 Å². The molecule has 0 bridgehead atoms. The lowest BCUT2D eigenvalue weighted by molar-refractivity contribution is -0.121. The van der Waals surface area contributed by atoms with Gasteiger partial charge in [-0.3, -0.25) is 9.59 Å². The number of carbonyl (C=O) groups excluding carboxylic acids is 1. The summed E-state index contributed by atoms with van der Waals surface area (Å²) in [7, 11) is 0. The molecule has 0 saturated heterocycles. The van der Waals surface area contributed by atoms with E-state index in [-0.39, 0.29) is 22.3 Å². The summed E-state index contributed by atoms with van der Waals surface area (Å²) in [6.07, 6.45) is 0. The molecule has 20 heavy (non-hydrogen) atoms. The summed E-state index contributed by atoms with van der Waals surface area (Å²) in [6.45, 7) is 0.240. The summed E-state index contributed by atoms with van der Waals surface area (Å²) in [4.78, 5) is 25.8. The van der Waals surface area contributed by atoms with Crippen molar-refractivity contribution in [3.63, 3.8) is 0 Å². The number of H-pyrrole nitrogens is 1. The average molecular weight is 307 g/mol. The van der Waals surface area contributed by atoms with Crippen molar-refractivity contribution < 1.29 is 4.79 Å². The number of nitrogens with one attached hydrogen (secondary N) is 2. The van der Waals surface area contributed by atoms with Crippen LogP contribution in [0.25, 0.3) is 0 Å². The Morgan fingerprint density at radius 1 is 1.40 bits per heavy atom. The van der Waals surface area contributed by atoms with Gasteiger partial charge in [0.15, 0.2) is 0 Å². The molecule has 0 radical (unpaired) electrons. The predicted molar refractivity (Wildman–Crippen MR) is 82.8 cm³/mol. The van der Waals surface area contributed by atoms with Crippen LogP contribution in [0.2, 0.25) is 0 Å². The standard InChI is InChI=1S/C13H13N3O2S2/c14-11(19)10(8-4-2-1-3-5-8)12(17)15-6-9-7-20-13(18)16-9/h1-5,7,10H,6H2,(H2,14,19)(H,15,17)(H,16,18). The number of carbonyl (C=O) groups is 1. The zero-order valence-electron chi connectivity index (χ0n) is 10.5. The van der Waals surface area contributed by atoms with Crippen molar-refractivity contribution in [1.29, 1.82) is 0 Å². The first-order chi connectivity index (χ1) is 9.58. The van der Waals surface area contributed by atoms with Gasteiger partial charge in [0, 0.05) is 11.1 Å². The topological polar surface area (TPSA) is 88.0 Å². The molecule has 2 rings (SSSR count). The number of rotatable bonds is 5. The van der Waals surface area contributed by atoms with Gasteiger partial charge in [-0.2, -0.15) is 0 Å². The highest BCUT2D eigenvalue weighted by Crippen LogP contribution is 2.16. The van der Waals surface area contributed by atoms with Gasteiger partial charge in [-0.05, 0) is 5.56 Å². The first-order valence-electron chi connectivity index (χ1n) is 5.86. The van der Waals surface area contributed by atoms with E-state index in [0.29, 0.717) is 5.69 Å². The predicted octanol–water partition coefficient (Wildman–Crippen LogP) is 1.12. The Kier molecular flexibility index (Phi) is 4.65. The van der Waals surface area contributed by atoms with Crippen LogP contribution in [0, 0.1) is 0 Å². The molecule has 7 heteroatoms. The van der Waals surface area contributed by atoms with Gasteiger partial charge in [-0.15, -0.1) is 0 Å². The monoisotopic (exact) mass is 307 g/mol. The third-order valence-corrected chi connectivity index (χ3v) is 3.66. The fourth-order valence-corrected chi connectivity index (χ4v) is 2.60. The smallest absolute Gasteiger partial charge is 0.304 e. The highest BCUT2D eigenvalue weighted by molar-refractivity contribution is 7.80. The second kappa shape index (κ2) is 6.44. The highest BCUT2D eigenvalue weighted by atomic mass is 32.1.